The molecule has 1 aromatic rings. The van der Waals surface area contributed by atoms with Gasteiger partial charge in [0.15, 0.2) is 6.10 Å². The number of benzene rings is 1. The molecule has 0 saturated carbocycles. The van der Waals surface area contributed by atoms with Crippen LogP contribution in [0.3, 0.4) is 0 Å². The number of carbonyl (C=O) groups excluding carboxylic acids is 1. The summed E-state index contributed by atoms with van der Waals surface area (Å²) in [5.41, 5.74) is 1.36. The van der Waals surface area contributed by atoms with Gasteiger partial charge in [0.2, 0.25) is 0 Å². The molecule has 0 spiro atoms. The molecule has 5 heteroatoms. The van der Waals surface area contributed by atoms with Gasteiger partial charge in [-0.1, -0.05) is 32.9 Å². The highest BCUT2D eigenvalue weighted by Gasteiger charge is 2.22. The topological polar surface area (TPSA) is 50.8 Å². The molecule has 27 heavy (non-hydrogen) atoms. The van der Waals surface area contributed by atoms with Crippen LogP contribution in [0.15, 0.2) is 24.3 Å². The van der Waals surface area contributed by atoms with Crippen LogP contribution < -0.4 is 10.1 Å². The molecule has 0 radical (unpaired) electrons. The van der Waals surface area contributed by atoms with Crippen LogP contribution in [0.25, 0.3) is 0 Å². The smallest absolute Gasteiger partial charge is 0.260 e. The molecule has 1 aliphatic heterocycles. The summed E-state index contributed by atoms with van der Waals surface area (Å²) in [6.45, 7) is 16.1. The van der Waals surface area contributed by atoms with E-state index in [4.69, 9.17) is 9.47 Å². The third kappa shape index (κ3) is 7.15. The van der Waals surface area contributed by atoms with Crippen LogP contribution >= 0.6 is 0 Å². The molecule has 1 saturated heterocycles. The summed E-state index contributed by atoms with van der Waals surface area (Å²) in [4.78, 5) is 14.7. The standard InChI is InChI=1S/C22H36N2O3/c1-16-14-24(15-17(2)26-16)13-7-12-23-21(25)18(3)27-20-10-8-19(9-11-20)22(4,5)6/h8-11,16-18H,7,12-15H2,1-6H3,(H,23,25). The molecule has 5 nitrogen and oxygen atoms in total. The Hall–Kier alpha value is -1.59. The van der Waals surface area contributed by atoms with Crippen molar-refractivity contribution in [1.82, 2.24) is 10.2 Å². The number of amides is 1. The van der Waals surface area contributed by atoms with Gasteiger partial charge in [-0.15, -0.1) is 0 Å². The molecule has 0 bridgehead atoms. The molecule has 1 fully saturated rings. The van der Waals surface area contributed by atoms with Gasteiger partial charge in [-0.2, -0.15) is 0 Å². The number of rotatable bonds is 7. The van der Waals surface area contributed by atoms with E-state index in [0.717, 1.165) is 31.8 Å². The fourth-order valence-electron chi connectivity index (χ4n) is 3.42. The van der Waals surface area contributed by atoms with Crippen molar-refractivity contribution in [2.75, 3.05) is 26.2 Å². The summed E-state index contributed by atoms with van der Waals surface area (Å²) in [5, 5.41) is 2.98. The van der Waals surface area contributed by atoms with Crippen LogP contribution in [0.1, 0.15) is 53.5 Å². The van der Waals surface area contributed by atoms with E-state index in [-0.39, 0.29) is 23.5 Å². The Morgan fingerprint density at radius 1 is 1.22 bits per heavy atom. The SMILES string of the molecule is CC1CN(CCCNC(=O)C(C)Oc2ccc(C(C)(C)C)cc2)CC(C)O1. The first kappa shape index (κ1) is 21.7. The van der Waals surface area contributed by atoms with Gasteiger partial charge in [-0.3, -0.25) is 9.69 Å². The van der Waals surface area contributed by atoms with Crippen molar-refractivity contribution in [1.29, 1.82) is 0 Å². The second-order valence-corrected chi connectivity index (χ2v) is 8.70. The Morgan fingerprint density at radius 3 is 2.37 bits per heavy atom. The van der Waals surface area contributed by atoms with Crippen LogP contribution in [0.2, 0.25) is 0 Å². The Labute approximate surface area is 164 Å². The second kappa shape index (κ2) is 9.56. The fraction of sp³-hybridized carbons (Fsp3) is 0.682. The Kier molecular flexibility index (Phi) is 7.68. The van der Waals surface area contributed by atoms with Gasteiger partial charge in [0, 0.05) is 26.2 Å². The first-order chi connectivity index (χ1) is 12.6. The summed E-state index contributed by atoms with van der Waals surface area (Å²) in [5.74, 6) is 0.653. The minimum atomic E-state index is -0.506. The van der Waals surface area contributed by atoms with Crippen molar-refractivity contribution in [3.05, 3.63) is 29.8 Å². The minimum absolute atomic E-state index is 0.0707. The number of hydrogen-bond acceptors (Lipinski definition) is 4. The molecule has 152 valence electrons. The maximum atomic E-state index is 12.3. The van der Waals surface area contributed by atoms with E-state index in [1.165, 1.54) is 5.56 Å². The number of carbonyl (C=O) groups is 1. The van der Waals surface area contributed by atoms with E-state index < -0.39 is 6.10 Å². The quantitative estimate of drug-likeness (QED) is 0.742. The summed E-state index contributed by atoms with van der Waals surface area (Å²) < 4.78 is 11.5. The highest BCUT2D eigenvalue weighted by Crippen LogP contribution is 2.24. The zero-order valence-electron chi connectivity index (χ0n) is 17.7. The summed E-state index contributed by atoms with van der Waals surface area (Å²) >= 11 is 0. The molecule has 1 amide bonds. The first-order valence-electron chi connectivity index (χ1n) is 10.1. The highest BCUT2D eigenvalue weighted by atomic mass is 16.5. The van der Waals surface area contributed by atoms with Gasteiger partial charge in [-0.25, -0.2) is 0 Å². The van der Waals surface area contributed by atoms with Crippen molar-refractivity contribution in [3.8, 4) is 5.75 Å². The third-order valence-electron chi connectivity index (χ3n) is 4.85. The summed E-state index contributed by atoms with van der Waals surface area (Å²) in [6, 6.07) is 7.99. The van der Waals surface area contributed by atoms with Crippen LogP contribution in [0.4, 0.5) is 0 Å². The predicted octanol–water partition coefficient (Wildman–Crippen LogP) is 3.37. The van der Waals surface area contributed by atoms with Crippen LogP contribution in [-0.2, 0) is 14.9 Å². The van der Waals surface area contributed by atoms with E-state index >= 15 is 0 Å². The van der Waals surface area contributed by atoms with Crippen LogP contribution in [0, 0.1) is 0 Å². The van der Waals surface area contributed by atoms with E-state index in [9.17, 15) is 4.79 Å². The fourth-order valence-corrected chi connectivity index (χ4v) is 3.42. The van der Waals surface area contributed by atoms with Crippen LogP contribution in [-0.4, -0.2) is 55.3 Å². The summed E-state index contributed by atoms with van der Waals surface area (Å²) in [6.07, 6.45) is 0.981. The Bertz CT molecular complexity index is 585. The molecule has 2 rings (SSSR count). The zero-order valence-corrected chi connectivity index (χ0v) is 17.7. The number of hydrogen-bond donors (Lipinski definition) is 1. The molecule has 1 aromatic carbocycles. The minimum Gasteiger partial charge on any atom is -0.481 e. The van der Waals surface area contributed by atoms with E-state index in [1.54, 1.807) is 6.92 Å². The van der Waals surface area contributed by atoms with Gasteiger partial charge in [0.05, 0.1) is 12.2 Å². The number of nitrogens with zero attached hydrogens (tertiary/aromatic N) is 1. The molecular weight excluding hydrogens is 340 g/mol. The van der Waals surface area contributed by atoms with Crippen molar-refractivity contribution in [2.45, 2.75) is 71.7 Å². The highest BCUT2D eigenvalue weighted by molar-refractivity contribution is 5.80. The van der Waals surface area contributed by atoms with Gasteiger partial charge in [-0.05, 0) is 50.3 Å². The molecule has 0 aromatic heterocycles. The molecule has 1 heterocycles. The maximum absolute atomic E-state index is 12.3. The van der Waals surface area contributed by atoms with Crippen LogP contribution in [0.5, 0.6) is 5.75 Å². The van der Waals surface area contributed by atoms with E-state index in [1.807, 2.05) is 12.1 Å². The van der Waals surface area contributed by atoms with E-state index in [2.05, 4.69) is 57.0 Å². The van der Waals surface area contributed by atoms with Crippen molar-refractivity contribution < 1.29 is 14.3 Å². The number of ether oxygens (including phenoxy) is 2. The molecule has 3 unspecified atom stereocenters. The summed E-state index contributed by atoms with van der Waals surface area (Å²) in [7, 11) is 0. The number of morpholine rings is 1. The van der Waals surface area contributed by atoms with Gasteiger partial charge in [0.1, 0.15) is 5.75 Å². The molecule has 1 aliphatic rings. The largest absolute Gasteiger partial charge is 0.481 e. The average molecular weight is 377 g/mol. The zero-order chi connectivity index (χ0) is 20.0. The first-order valence-corrected chi connectivity index (χ1v) is 10.1. The van der Waals surface area contributed by atoms with Gasteiger partial charge < -0.3 is 14.8 Å². The van der Waals surface area contributed by atoms with Gasteiger partial charge >= 0.3 is 0 Å². The number of nitrogens with one attached hydrogen (secondary N) is 1. The van der Waals surface area contributed by atoms with Crippen molar-refractivity contribution in [2.24, 2.45) is 0 Å². The van der Waals surface area contributed by atoms with E-state index in [0.29, 0.717) is 6.54 Å². The van der Waals surface area contributed by atoms with Gasteiger partial charge in [0.25, 0.3) is 5.91 Å². The molecule has 3 atom stereocenters. The lowest BCUT2D eigenvalue weighted by Crippen LogP contribution is -2.46. The maximum Gasteiger partial charge on any atom is 0.260 e. The average Bonchev–Trinajstić information content (AvgIpc) is 2.57. The lowest BCUT2D eigenvalue weighted by Gasteiger charge is -2.35. The Balaban J connectivity index is 1.69. The third-order valence-corrected chi connectivity index (χ3v) is 4.85. The molecular formula is C22H36N2O3. The lowest BCUT2D eigenvalue weighted by atomic mass is 9.87. The van der Waals surface area contributed by atoms with Crippen molar-refractivity contribution >= 4 is 5.91 Å². The monoisotopic (exact) mass is 376 g/mol. The predicted molar refractivity (Wildman–Crippen MR) is 109 cm³/mol. The van der Waals surface area contributed by atoms with Crippen molar-refractivity contribution in [3.63, 3.8) is 0 Å². The molecule has 0 aliphatic carbocycles. The molecule has 1 N–H and O–H groups in total. The lowest BCUT2D eigenvalue weighted by molar-refractivity contribution is -0.127. The second-order valence-electron chi connectivity index (χ2n) is 8.70. The normalized spacial score (nSPS) is 22.3. The Morgan fingerprint density at radius 2 is 1.81 bits per heavy atom.